The van der Waals surface area contributed by atoms with Gasteiger partial charge in [0.1, 0.15) is 0 Å². The standard InChI is InChI=1S/C8H8BrClS/c9-8-2-1-7(11-8)6-3-5(6)4-10/h1-2,5-6H,3-4H2/t5-,6+/m0/s1. The zero-order valence-electron chi connectivity index (χ0n) is 5.89. The minimum atomic E-state index is 0.752. The molecule has 0 aliphatic heterocycles. The lowest BCUT2D eigenvalue weighted by Crippen LogP contribution is -1.78. The van der Waals surface area contributed by atoms with Crippen LogP contribution < -0.4 is 0 Å². The highest BCUT2D eigenvalue weighted by molar-refractivity contribution is 9.11. The first-order valence-electron chi connectivity index (χ1n) is 3.62. The highest BCUT2D eigenvalue weighted by Crippen LogP contribution is 2.50. The van der Waals surface area contributed by atoms with Gasteiger partial charge < -0.3 is 0 Å². The molecule has 2 rings (SSSR count). The van der Waals surface area contributed by atoms with Gasteiger partial charge in [-0.2, -0.15) is 0 Å². The third-order valence-corrected chi connectivity index (χ3v) is 4.23. The molecular weight excluding hydrogens is 244 g/mol. The van der Waals surface area contributed by atoms with Crippen LogP contribution in [0.15, 0.2) is 15.9 Å². The molecule has 0 nitrogen and oxygen atoms in total. The summed E-state index contributed by atoms with van der Waals surface area (Å²) in [7, 11) is 0. The Morgan fingerprint density at radius 3 is 2.91 bits per heavy atom. The molecule has 0 N–H and O–H groups in total. The van der Waals surface area contributed by atoms with Crippen molar-refractivity contribution < 1.29 is 0 Å². The number of alkyl halides is 1. The number of rotatable bonds is 2. The molecule has 0 amide bonds. The van der Waals surface area contributed by atoms with E-state index in [4.69, 9.17) is 11.6 Å². The fourth-order valence-corrected chi connectivity index (χ4v) is 3.27. The average Bonchev–Trinajstić information content (AvgIpc) is 2.68. The Hall–Kier alpha value is 0.470. The highest BCUT2D eigenvalue weighted by Gasteiger charge is 2.38. The van der Waals surface area contributed by atoms with Crippen LogP contribution in [0.1, 0.15) is 17.2 Å². The fraction of sp³-hybridized carbons (Fsp3) is 0.500. The summed E-state index contributed by atoms with van der Waals surface area (Å²) in [5.41, 5.74) is 0. The molecule has 11 heavy (non-hydrogen) atoms. The Kier molecular flexibility index (Phi) is 2.26. The van der Waals surface area contributed by atoms with Crippen molar-refractivity contribution in [2.24, 2.45) is 5.92 Å². The lowest BCUT2D eigenvalue weighted by atomic mass is 10.3. The Balaban J connectivity index is 2.08. The number of thiophene rings is 1. The maximum Gasteiger partial charge on any atom is 0.0701 e. The van der Waals surface area contributed by atoms with Gasteiger partial charge in [-0.15, -0.1) is 22.9 Å². The second-order valence-electron chi connectivity index (χ2n) is 2.90. The van der Waals surface area contributed by atoms with Crippen LogP contribution in [0.25, 0.3) is 0 Å². The summed E-state index contributed by atoms with van der Waals surface area (Å²) in [4.78, 5) is 1.49. The molecule has 0 unspecified atom stereocenters. The first kappa shape index (κ1) is 8.09. The van der Waals surface area contributed by atoms with Crippen LogP contribution in [0.5, 0.6) is 0 Å². The molecule has 0 aromatic carbocycles. The van der Waals surface area contributed by atoms with Crippen molar-refractivity contribution in [3.63, 3.8) is 0 Å². The van der Waals surface area contributed by atoms with Crippen LogP contribution in [0, 0.1) is 5.92 Å². The predicted octanol–water partition coefficient (Wildman–Crippen LogP) is 3.85. The molecule has 1 aliphatic carbocycles. The van der Waals surface area contributed by atoms with Crippen LogP contribution in [0.3, 0.4) is 0 Å². The molecule has 0 saturated heterocycles. The van der Waals surface area contributed by atoms with Crippen LogP contribution in [-0.2, 0) is 0 Å². The fourth-order valence-electron chi connectivity index (χ4n) is 1.29. The van der Waals surface area contributed by atoms with Crippen LogP contribution in [0.4, 0.5) is 0 Å². The van der Waals surface area contributed by atoms with Gasteiger partial charge in [-0.3, -0.25) is 0 Å². The number of hydrogen-bond acceptors (Lipinski definition) is 1. The van der Waals surface area contributed by atoms with Gasteiger partial charge in [0.05, 0.1) is 3.79 Å². The van der Waals surface area contributed by atoms with E-state index in [-0.39, 0.29) is 0 Å². The van der Waals surface area contributed by atoms with E-state index in [0.29, 0.717) is 0 Å². The smallest absolute Gasteiger partial charge is 0.0701 e. The average molecular weight is 252 g/mol. The molecule has 0 radical (unpaired) electrons. The highest BCUT2D eigenvalue weighted by atomic mass is 79.9. The summed E-state index contributed by atoms with van der Waals surface area (Å²) in [6.07, 6.45) is 1.29. The number of hydrogen-bond donors (Lipinski definition) is 0. The first-order chi connectivity index (χ1) is 5.31. The normalized spacial score (nSPS) is 28.9. The monoisotopic (exact) mass is 250 g/mol. The largest absolute Gasteiger partial charge is 0.133 e. The van der Waals surface area contributed by atoms with E-state index in [1.54, 1.807) is 0 Å². The molecule has 1 aromatic rings. The first-order valence-corrected chi connectivity index (χ1v) is 5.77. The van der Waals surface area contributed by atoms with Crippen molar-refractivity contribution in [3.8, 4) is 0 Å². The predicted molar refractivity (Wildman–Crippen MR) is 53.6 cm³/mol. The lowest BCUT2D eigenvalue weighted by molar-refractivity contribution is 0.935. The third kappa shape index (κ3) is 1.63. The molecule has 1 fully saturated rings. The maximum atomic E-state index is 5.74. The van der Waals surface area contributed by atoms with E-state index >= 15 is 0 Å². The van der Waals surface area contributed by atoms with Crippen molar-refractivity contribution in [3.05, 3.63) is 20.8 Å². The van der Waals surface area contributed by atoms with E-state index in [1.807, 2.05) is 11.3 Å². The number of halogens is 2. The zero-order valence-corrected chi connectivity index (χ0v) is 9.05. The van der Waals surface area contributed by atoms with Gasteiger partial charge in [0.2, 0.25) is 0 Å². The molecule has 2 atom stereocenters. The van der Waals surface area contributed by atoms with E-state index in [9.17, 15) is 0 Å². The summed E-state index contributed by atoms with van der Waals surface area (Å²) in [5.74, 6) is 2.34. The molecular formula is C8H8BrClS. The summed E-state index contributed by atoms with van der Waals surface area (Å²) in [6, 6.07) is 4.32. The minimum absolute atomic E-state index is 0.752. The molecule has 0 bridgehead atoms. The summed E-state index contributed by atoms with van der Waals surface area (Å²) in [6.45, 7) is 0. The van der Waals surface area contributed by atoms with Gasteiger partial charge in [-0.05, 0) is 46.3 Å². The van der Waals surface area contributed by atoms with Gasteiger partial charge in [-0.25, -0.2) is 0 Å². The molecule has 1 heterocycles. The van der Waals surface area contributed by atoms with Gasteiger partial charge in [0.25, 0.3) is 0 Å². The molecule has 1 aromatic heterocycles. The molecule has 60 valence electrons. The minimum Gasteiger partial charge on any atom is -0.133 e. The zero-order chi connectivity index (χ0) is 7.84. The van der Waals surface area contributed by atoms with Gasteiger partial charge in [0, 0.05) is 10.8 Å². The van der Waals surface area contributed by atoms with Gasteiger partial charge >= 0.3 is 0 Å². The molecule has 1 saturated carbocycles. The van der Waals surface area contributed by atoms with Gasteiger partial charge in [-0.1, -0.05) is 0 Å². The van der Waals surface area contributed by atoms with Crippen molar-refractivity contribution in [2.45, 2.75) is 12.3 Å². The van der Waals surface area contributed by atoms with E-state index in [1.165, 1.54) is 15.1 Å². The van der Waals surface area contributed by atoms with Crippen molar-refractivity contribution >= 4 is 38.9 Å². The van der Waals surface area contributed by atoms with Gasteiger partial charge in [0.15, 0.2) is 0 Å². The summed E-state index contributed by atoms with van der Waals surface area (Å²) >= 11 is 11.0. The second-order valence-corrected chi connectivity index (χ2v) is 5.70. The lowest BCUT2D eigenvalue weighted by Gasteiger charge is -1.89. The van der Waals surface area contributed by atoms with E-state index < -0.39 is 0 Å². The van der Waals surface area contributed by atoms with Crippen LogP contribution in [-0.4, -0.2) is 5.88 Å². The third-order valence-electron chi connectivity index (χ3n) is 2.08. The quantitative estimate of drug-likeness (QED) is 0.701. The molecule has 0 spiro atoms. The van der Waals surface area contributed by atoms with Crippen molar-refractivity contribution in [2.75, 3.05) is 5.88 Å². The van der Waals surface area contributed by atoms with Crippen molar-refractivity contribution in [1.82, 2.24) is 0 Å². The molecule has 1 aliphatic rings. The Labute approximate surface area is 83.7 Å². The topological polar surface area (TPSA) is 0 Å². The maximum absolute atomic E-state index is 5.74. The second kappa shape index (κ2) is 3.08. The van der Waals surface area contributed by atoms with E-state index in [2.05, 4.69) is 28.1 Å². The van der Waals surface area contributed by atoms with E-state index in [0.717, 1.165) is 17.7 Å². The summed E-state index contributed by atoms with van der Waals surface area (Å²) < 4.78 is 1.23. The Bertz CT molecular complexity index is 258. The van der Waals surface area contributed by atoms with Crippen LogP contribution in [0.2, 0.25) is 0 Å². The SMILES string of the molecule is ClC[C@@H]1C[C@H]1c1ccc(Br)s1. The Morgan fingerprint density at radius 1 is 1.64 bits per heavy atom. The van der Waals surface area contributed by atoms with Crippen molar-refractivity contribution in [1.29, 1.82) is 0 Å². The van der Waals surface area contributed by atoms with Crippen LogP contribution >= 0.6 is 38.9 Å². The molecule has 3 heteroatoms. The Morgan fingerprint density at radius 2 is 2.45 bits per heavy atom. The summed E-state index contributed by atoms with van der Waals surface area (Å²) in [5, 5.41) is 0.